The first-order chi connectivity index (χ1) is 17.5. The highest BCUT2D eigenvalue weighted by Gasteiger charge is 2.33. The van der Waals surface area contributed by atoms with Crippen molar-refractivity contribution in [3.8, 4) is 17.2 Å². The van der Waals surface area contributed by atoms with Gasteiger partial charge in [0.15, 0.2) is 11.5 Å². The standard InChI is InChI=1S/C31H31NO4/c1-20-13-21(2)15-26(14-20)36-19-28-27-18-30(35-4)29(34-3)17-24(27)11-12-32(28)31(33)25-10-9-22-7-5-6-8-23(22)16-25/h5-10,13-18,28H,11-12,19H2,1-4H3. The molecule has 5 heteroatoms. The molecule has 1 aliphatic rings. The average Bonchev–Trinajstić information content (AvgIpc) is 2.89. The summed E-state index contributed by atoms with van der Waals surface area (Å²) >= 11 is 0. The number of ether oxygens (including phenoxy) is 3. The van der Waals surface area contributed by atoms with E-state index in [1.54, 1.807) is 14.2 Å². The molecule has 36 heavy (non-hydrogen) atoms. The fraction of sp³-hybridized carbons (Fsp3) is 0.258. The van der Waals surface area contributed by atoms with Crippen molar-refractivity contribution < 1.29 is 19.0 Å². The molecule has 0 aliphatic carbocycles. The van der Waals surface area contributed by atoms with Gasteiger partial charge in [0.05, 0.1) is 20.3 Å². The highest BCUT2D eigenvalue weighted by Crippen LogP contribution is 2.39. The Labute approximate surface area is 212 Å². The minimum atomic E-state index is -0.270. The topological polar surface area (TPSA) is 48.0 Å². The van der Waals surface area contributed by atoms with E-state index in [0.717, 1.165) is 45.2 Å². The molecule has 0 radical (unpaired) electrons. The molecule has 0 saturated heterocycles. The van der Waals surface area contributed by atoms with Gasteiger partial charge in [-0.3, -0.25) is 4.79 Å². The van der Waals surface area contributed by atoms with Gasteiger partial charge in [0.1, 0.15) is 12.4 Å². The number of hydrogen-bond acceptors (Lipinski definition) is 4. The van der Waals surface area contributed by atoms with Gasteiger partial charge in [-0.25, -0.2) is 0 Å². The third kappa shape index (κ3) is 4.61. The average molecular weight is 482 g/mol. The van der Waals surface area contributed by atoms with Gasteiger partial charge in [0.25, 0.3) is 5.91 Å². The van der Waals surface area contributed by atoms with Crippen molar-refractivity contribution in [2.45, 2.75) is 26.3 Å². The van der Waals surface area contributed by atoms with Crippen LogP contribution in [0.4, 0.5) is 0 Å². The van der Waals surface area contributed by atoms with Crippen molar-refractivity contribution >= 4 is 16.7 Å². The Kier molecular flexibility index (Phi) is 6.55. The molecule has 5 nitrogen and oxygen atoms in total. The maximum Gasteiger partial charge on any atom is 0.254 e. The number of benzene rings is 4. The van der Waals surface area contributed by atoms with E-state index in [1.165, 1.54) is 0 Å². The number of carbonyl (C=O) groups excluding carboxylic acids is 1. The predicted octanol–water partition coefficient (Wildman–Crippen LogP) is 6.29. The van der Waals surface area contributed by atoms with Gasteiger partial charge < -0.3 is 19.1 Å². The minimum Gasteiger partial charge on any atom is -0.493 e. The largest absolute Gasteiger partial charge is 0.493 e. The summed E-state index contributed by atoms with van der Waals surface area (Å²) in [5.74, 6) is 2.14. The van der Waals surface area contributed by atoms with Gasteiger partial charge in [-0.15, -0.1) is 0 Å². The molecule has 1 atom stereocenters. The predicted molar refractivity (Wildman–Crippen MR) is 142 cm³/mol. The SMILES string of the molecule is COc1cc2c(cc1OC)C(COc1cc(C)cc(C)c1)N(C(=O)c1ccc3ccccc3c1)CC2. The lowest BCUT2D eigenvalue weighted by atomic mass is 9.91. The highest BCUT2D eigenvalue weighted by atomic mass is 16.5. The molecule has 1 aliphatic heterocycles. The van der Waals surface area contributed by atoms with Gasteiger partial charge >= 0.3 is 0 Å². The van der Waals surface area contributed by atoms with Gasteiger partial charge in [-0.2, -0.15) is 0 Å². The van der Waals surface area contributed by atoms with Gasteiger partial charge in [0.2, 0.25) is 0 Å². The first kappa shape index (κ1) is 23.7. The molecule has 1 unspecified atom stereocenters. The zero-order valence-electron chi connectivity index (χ0n) is 21.2. The number of aryl methyl sites for hydroxylation is 2. The second-order valence-corrected chi connectivity index (χ2v) is 9.37. The Hall–Kier alpha value is -3.99. The molecule has 4 aromatic rings. The number of methoxy groups -OCH3 is 2. The molecule has 1 heterocycles. The van der Waals surface area contributed by atoms with E-state index in [2.05, 4.69) is 26.0 Å². The van der Waals surface area contributed by atoms with E-state index in [0.29, 0.717) is 30.2 Å². The molecule has 0 aromatic heterocycles. The first-order valence-electron chi connectivity index (χ1n) is 12.2. The Balaban J connectivity index is 1.53. The molecule has 0 bridgehead atoms. The normalized spacial score (nSPS) is 14.9. The Morgan fingerprint density at radius 1 is 0.861 bits per heavy atom. The smallest absolute Gasteiger partial charge is 0.254 e. The van der Waals surface area contributed by atoms with Gasteiger partial charge in [-0.1, -0.05) is 36.4 Å². The summed E-state index contributed by atoms with van der Waals surface area (Å²) in [6, 6.07) is 23.9. The van der Waals surface area contributed by atoms with Crippen LogP contribution in [0.1, 0.15) is 38.7 Å². The van der Waals surface area contributed by atoms with Crippen LogP contribution in [0.25, 0.3) is 10.8 Å². The number of nitrogens with zero attached hydrogens (tertiary/aromatic N) is 1. The van der Waals surface area contributed by atoms with Gasteiger partial charge in [-0.05, 0) is 89.7 Å². The van der Waals surface area contributed by atoms with Crippen LogP contribution in [-0.4, -0.2) is 38.2 Å². The fourth-order valence-corrected chi connectivity index (χ4v) is 5.13. The Bertz CT molecular complexity index is 1410. The summed E-state index contributed by atoms with van der Waals surface area (Å²) in [7, 11) is 3.27. The summed E-state index contributed by atoms with van der Waals surface area (Å²) in [6.07, 6.45) is 0.731. The van der Waals surface area contributed by atoms with Crippen molar-refractivity contribution in [1.82, 2.24) is 4.90 Å². The molecule has 0 spiro atoms. The minimum absolute atomic E-state index is 0.00443. The molecule has 184 valence electrons. The van der Waals surface area contributed by atoms with Crippen LogP contribution in [0, 0.1) is 13.8 Å². The van der Waals surface area contributed by atoms with Crippen molar-refractivity contribution in [1.29, 1.82) is 0 Å². The molecule has 4 aromatic carbocycles. The lowest BCUT2D eigenvalue weighted by Gasteiger charge is -2.37. The third-order valence-corrected chi connectivity index (χ3v) is 6.86. The van der Waals surface area contributed by atoms with Crippen molar-refractivity contribution in [2.24, 2.45) is 0 Å². The lowest BCUT2D eigenvalue weighted by Crippen LogP contribution is -2.42. The van der Waals surface area contributed by atoms with Crippen molar-refractivity contribution in [2.75, 3.05) is 27.4 Å². The van der Waals surface area contributed by atoms with E-state index in [4.69, 9.17) is 14.2 Å². The summed E-state index contributed by atoms with van der Waals surface area (Å²) in [6.45, 7) is 5.05. The van der Waals surface area contributed by atoms with Crippen LogP contribution < -0.4 is 14.2 Å². The van der Waals surface area contributed by atoms with Crippen LogP contribution in [0.5, 0.6) is 17.2 Å². The molecule has 0 fully saturated rings. The number of rotatable bonds is 6. The highest BCUT2D eigenvalue weighted by molar-refractivity contribution is 5.99. The van der Waals surface area contributed by atoms with Crippen LogP contribution in [-0.2, 0) is 6.42 Å². The number of fused-ring (bicyclic) bond motifs is 2. The maximum absolute atomic E-state index is 13.9. The quantitative estimate of drug-likeness (QED) is 0.325. The maximum atomic E-state index is 13.9. The molecule has 0 N–H and O–H groups in total. The fourth-order valence-electron chi connectivity index (χ4n) is 5.13. The monoisotopic (exact) mass is 481 g/mol. The molecule has 5 rings (SSSR count). The summed E-state index contributed by atoms with van der Waals surface area (Å²) in [5, 5.41) is 2.17. The van der Waals surface area contributed by atoms with Crippen LogP contribution >= 0.6 is 0 Å². The second kappa shape index (κ2) is 9.94. The number of hydrogen-bond donors (Lipinski definition) is 0. The van der Waals surface area contributed by atoms with Crippen LogP contribution in [0.2, 0.25) is 0 Å². The molecular weight excluding hydrogens is 450 g/mol. The number of amides is 1. The Morgan fingerprint density at radius 2 is 1.56 bits per heavy atom. The summed E-state index contributed by atoms with van der Waals surface area (Å²) in [4.78, 5) is 15.8. The summed E-state index contributed by atoms with van der Waals surface area (Å²) < 4.78 is 17.5. The van der Waals surface area contributed by atoms with Crippen LogP contribution in [0.3, 0.4) is 0 Å². The zero-order valence-corrected chi connectivity index (χ0v) is 21.2. The molecule has 1 amide bonds. The van der Waals surface area contributed by atoms with Crippen molar-refractivity contribution in [3.05, 3.63) is 101 Å². The van der Waals surface area contributed by atoms with E-state index in [-0.39, 0.29) is 11.9 Å². The molecular formula is C31H31NO4. The zero-order chi connectivity index (χ0) is 25.2. The van der Waals surface area contributed by atoms with Gasteiger partial charge in [0, 0.05) is 12.1 Å². The van der Waals surface area contributed by atoms with E-state index in [1.807, 2.05) is 65.6 Å². The van der Waals surface area contributed by atoms with Crippen LogP contribution in [0.15, 0.2) is 72.8 Å². The van der Waals surface area contributed by atoms with E-state index >= 15 is 0 Å². The Morgan fingerprint density at radius 3 is 2.28 bits per heavy atom. The lowest BCUT2D eigenvalue weighted by molar-refractivity contribution is 0.0589. The number of carbonyl (C=O) groups is 1. The van der Waals surface area contributed by atoms with E-state index < -0.39 is 0 Å². The second-order valence-electron chi connectivity index (χ2n) is 9.37. The van der Waals surface area contributed by atoms with Crippen molar-refractivity contribution in [3.63, 3.8) is 0 Å². The first-order valence-corrected chi connectivity index (χ1v) is 12.2. The molecule has 0 saturated carbocycles. The van der Waals surface area contributed by atoms with E-state index in [9.17, 15) is 4.79 Å². The summed E-state index contributed by atoms with van der Waals surface area (Å²) in [5.41, 5.74) is 5.13. The third-order valence-electron chi connectivity index (χ3n) is 6.86.